The Bertz CT molecular complexity index is 739. The van der Waals surface area contributed by atoms with E-state index in [1.54, 1.807) is 4.31 Å². The number of nitrogens with zero attached hydrogens (tertiary/aromatic N) is 2. The van der Waals surface area contributed by atoms with Gasteiger partial charge in [0.1, 0.15) is 0 Å². The SMILES string of the molecule is C[C@@H](c1ccccc1)N1CCN(S(=O)(=O)Cc2ccccc2)CC1. The summed E-state index contributed by atoms with van der Waals surface area (Å²) in [6, 6.07) is 20.1. The van der Waals surface area contributed by atoms with Gasteiger partial charge in [0.2, 0.25) is 10.0 Å². The topological polar surface area (TPSA) is 40.6 Å². The fourth-order valence-corrected chi connectivity index (χ4v) is 4.70. The van der Waals surface area contributed by atoms with E-state index in [0.29, 0.717) is 19.1 Å². The van der Waals surface area contributed by atoms with Crippen LogP contribution in [0.4, 0.5) is 0 Å². The van der Waals surface area contributed by atoms with Crippen molar-refractivity contribution in [3.8, 4) is 0 Å². The van der Waals surface area contributed by atoms with Crippen molar-refractivity contribution in [1.29, 1.82) is 0 Å². The maximum Gasteiger partial charge on any atom is 0.218 e. The monoisotopic (exact) mass is 344 g/mol. The molecule has 0 aliphatic carbocycles. The molecule has 128 valence electrons. The van der Waals surface area contributed by atoms with Gasteiger partial charge in [0.05, 0.1) is 5.75 Å². The maximum atomic E-state index is 12.6. The van der Waals surface area contributed by atoms with Gasteiger partial charge in [0.25, 0.3) is 0 Å². The molecule has 1 aliphatic rings. The Morgan fingerprint density at radius 2 is 1.42 bits per heavy atom. The smallest absolute Gasteiger partial charge is 0.218 e. The van der Waals surface area contributed by atoms with E-state index in [-0.39, 0.29) is 5.75 Å². The van der Waals surface area contributed by atoms with Crippen LogP contribution in [-0.4, -0.2) is 43.8 Å². The molecule has 24 heavy (non-hydrogen) atoms. The van der Waals surface area contributed by atoms with Crippen LogP contribution in [0.1, 0.15) is 24.1 Å². The van der Waals surface area contributed by atoms with Gasteiger partial charge in [-0.3, -0.25) is 4.90 Å². The molecular weight excluding hydrogens is 320 g/mol. The lowest BCUT2D eigenvalue weighted by atomic mass is 10.1. The second-order valence-corrected chi connectivity index (χ2v) is 8.23. The lowest BCUT2D eigenvalue weighted by Crippen LogP contribution is -2.49. The minimum absolute atomic E-state index is 0.0854. The summed E-state index contributed by atoms with van der Waals surface area (Å²) in [6.07, 6.45) is 0. The van der Waals surface area contributed by atoms with E-state index < -0.39 is 10.0 Å². The molecule has 5 heteroatoms. The molecule has 0 unspecified atom stereocenters. The first-order valence-corrected chi connectivity index (χ1v) is 9.98. The van der Waals surface area contributed by atoms with E-state index in [1.165, 1.54) is 5.56 Å². The summed E-state index contributed by atoms with van der Waals surface area (Å²) >= 11 is 0. The van der Waals surface area contributed by atoms with Crippen LogP contribution in [0.25, 0.3) is 0 Å². The molecular formula is C19H24N2O2S. The Morgan fingerprint density at radius 1 is 0.875 bits per heavy atom. The molecule has 0 spiro atoms. The van der Waals surface area contributed by atoms with E-state index in [9.17, 15) is 8.42 Å². The predicted molar refractivity (Wildman–Crippen MR) is 97.1 cm³/mol. The van der Waals surface area contributed by atoms with Gasteiger partial charge in [-0.15, -0.1) is 0 Å². The van der Waals surface area contributed by atoms with E-state index in [2.05, 4.69) is 24.0 Å². The van der Waals surface area contributed by atoms with Crippen LogP contribution >= 0.6 is 0 Å². The standard InChI is InChI=1S/C19H24N2O2S/c1-17(19-10-6-3-7-11-19)20-12-14-21(15-13-20)24(22,23)16-18-8-4-2-5-9-18/h2-11,17H,12-16H2,1H3/t17-/m0/s1. The van der Waals surface area contributed by atoms with Crippen LogP contribution < -0.4 is 0 Å². The molecule has 4 nitrogen and oxygen atoms in total. The highest BCUT2D eigenvalue weighted by Crippen LogP contribution is 2.22. The minimum Gasteiger partial charge on any atom is -0.294 e. The lowest BCUT2D eigenvalue weighted by Gasteiger charge is -2.37. The summed E-state index contributed by atoms with van der Waals surface area (Å²) in [6.45, 7) is 4.84. The molecule has 0 aromatic heterocycles. The number of piperazine rings is 1. The quantitative estimate of drug-likeness (QED) is 0.837. The second-order valence-electron chi connectivity index (χ2n) is 6.26. The van der Waals surface area contributed by atoms with Crippen molar-refractivity contribution < 1.29 is 8.42 Å². The van der Waals surface area contributed by atoms with E-state index in [1.807, 2.05) is 48.5 Å². The number of hydrogen-bond donors (Lipinski definition) is 0. The van der Waals surface area contributed by atoms with Crippen LogP contribution in [0.3, 0.4) is 0 Å². The van der Waals surface area contributed by atoms with Gasteiger partial charge in [0, 0.05) is 32.2 Å². The van der Waals surface area contributed by atoms with E-state index >= 15 is 0 Å². The molecule has 3 rings (SSSR count). The van der Waals surface area contributed by atoms with Crippen LogP contribution in [0.2, 0.25) is 0 Å². The van der Waals surface area contributed by atoms with Crippen molar-refractivity contribution in [3.63, 3.8) is 0 Å². The molecule has 0 saturated carbocycles. The van der Waals surface area contributed by atoms with Gasteiger partial charge in [-0.25, -0.2) is 8.42 Å². The third kappa shape index (κ3) is 4.04. The molecule has 0 radical (unpaired) electrons. The third-order valence-electron chi connectivity index (χ3n) is 4.69. The average molecular weight is 344 g/mol. The van der Waals surface area contributed by atoms with Crippen molar-refractivity contribution in [2.45, 2.75) is 18.7 Å². The van der Waals surface area contributed by atoms with Gasteiger partial charge in [-0.2, -0.15) is 4.31 Å². The van der Waals surface area contributed by atoms with Crippen LogP contribution in [0, 0.1) is 0 Å². The fraction of sp³-hybridized carbons (Fsp3) is 0.368. The van der Waals surface area contributed by atoms with Gasteiger partial charge in [-0.05, 0) is 18.1 Å². The maximum absolute atomic E-state index is 12.6. The minimum atomic E-state index is -3.24. The average Bonchev–Trinajstić information content (AvgIpc) is 2.62. The summed E-state index contributed by atoms with van der Waals surface area (Å²) in [4.78, 5) is 2.35. The van der Waals surface area contributed by atoms with Crippen molar-refractivity contribution in [2.75, 3.05) is 26.2 Å². The van der Waals surface area contributed by atoms with Gasteiger partial charge in [0.15, 0.2) is 0 Å². The van der Waals surface area contributed by atoms with Crippen molar-refractivity contribution in [2.24, 2.45) is 0 Å². The third-order valence-corrected chi connectivity index (χ3v) is 6.54. The first kappa shape index (κ1) is 17.1. The highest BCUT2D eigenvalue weighted by molar-refractivity contribution is 7.88. The Balaban J connectivity index is 1.60. The summed E-state index contributed by atoms with van der Waals surface area (Å²) in [5.74, 6) is 0.0854. The molecule has 0 bridgehead atoms. The zero-order valence-electron chi connectivity index (χ0n) is 14.0. The Kier molecular flexibility index (Phi) is 5.33. The molecule has 0 N–H and O–H groups in total. The van der Waals surface area contributed by atoms with Crippen molar-refractivity contribution >= 4 is 10.0 Å². The van der Waals surface area contributed by atoms with Crippen molar-refractivity contribution in [1.82, 2.24) is 9.21 Å². The van der Waals surface area contributed by atoms with Gasteiger partial charge >= 0.3 is 0 Å². The molecule has 1 atom stereocenters. The zero-order chi connectivity index (χ0) is 17.0. The number of hydrogen-bond acceptors (Lipinski definition) is 3. The van der Waals surface area contributed by atoms with Gasteiger partial charge < -0.3 is 0 Å². The second kappa shape index (κ2) is 7.47. The predicted octanol–water partition coefficient (Wildman–Crippen LogP) is 2.90. The summed E-state index contributed by atoms with van der Waals surface area (Å²) < 4.78 is 26.9. The number of sulfonamides is 1. The first-order chi connectivity index (χ1) is 11.6. The molecule has 1 heterocycles. The first-order valence-electron chi connectivity index (χ1n) is 8.37. The summed E-state index contributed by atoms with van der Waals surface area (Å²) in [5.41, 5.74) is 2.12. The molecule has 1 fully saturated rings. The Morgan fingerprint density at radius 3 is 2.00 bits per heavy atom. The highest BCUT2D eigenvalue weighted by atomic mass is 32.2. The van der Waals surface area contributed by atoms with Crippen molar-refractivity contribution in [3.05, 3.63) is 71.8 Å². The Labute approximate surface area is 144 Å². The van der Waals surface area contributed by atoms with E-state index in [0.717, 1.165) is 18.7 Å². The summed E-state index contributed by atoms with van der Waals surface area (Å²) in [5, 5.41) is 0. The zero-order valence-corrected chi connectivity index (χ0v) is 14.8. The van der Waals surface area contributed by atoms with Crippen LogP contribution in [0.15, 0.2) is 60.7 Å². The normalized spacial score (nSPS) is 18.4. The van der Waals surface area contributed by atoms with Gasteiger partial charge in [-0.1, -0.05) is 60.7 Å². The summed E-state index contributed by atoms with van der Waals surface area (Å²) in [7, 11) is -3.24. The Hall–Kier alpha value is -1.69. The molecule has 1 aliphatic heterocycles. The molecule has 2 aromatic carbocycles. The van der Waals surface area contributed by atoms with E-state index in [4.69, 9.17) is 0 Å². The van der Waals surface area contributed by atoms with Crippen LogP contribution in [-0.2, 0) is 15.8 Å². The molecule has 1 saturated heterocycles. The largest absolute Gasteiger partial charge is 0.294 e. The lowest BCUT2D eigenvalue weighted by molar-refractivity contribution is 0.146. The fourth-order valence-electron chi connectivity index (χ4n) is 3.19. The van der Waals surface area contributed by atoms with Crippen LogP contribution in [0.5, 0.6) is 0 Å². The number of benzene rings is 2. The number of rotatable bonds is 5. The highest BCUT2D eigenvalue weighted by Gasteiger charge is 2.29. The molecule has 0 amide bonds. The molecule has 2 aromatic rings.